The topological polar surface area (TPSA) is 73.3 Å². The highest BCUT2D eigenvalue weighted by molar-refractivity contribution is 9.10. The predicted molar refractivity (Wildman–Crippen MR) is 88.9 cm³/mol. The number of ether oxygens (including phenoxy) is 2. The van der Waals surface area contributed by atoms with E-state index >= 15 is 0 Å². The number of anilines is 1. The molecule has 0 aromatic carbocycles. The Hall–Kier alpha value is -1.96. The van der Waals surface area contributed by atoms with Crippen molar-refractivity contribution in [3.8, 4) is 11.8 Å². The standard InChI is InChI=1S/C15H18BrN5O2/c1-10-7-17-9-13(19-10)23-11-3-5-21(6-4-11)15-18-8-12(16)14(20-15)22-2/h7-9,11H,3-6H2,1-2H3. The van der Waals surface area contributed by atoms with Crippen molar-refractivity contribution in [1.29, 1.82) is 0 Å². The Labute approximate surface area is 143 Å². The van der Waals surface area contributed by atoms with Crippen LogP contribution in [0.4, 0.5) is 5.95 Å². The van der Waals surface area contributed by atoms with Crippen LogP contribution in [0.15, 0.2) is 23.1 Å². The molecule has 0 spiro atoms. The maximum atomic E-state index is 5.91. The second kappa shape index (κ2) is 7.08. The van der Waals surface area contributed by atoms with Gasteiger partial charge in [0.05, 0.1) is 29.7 Å². The Bertz CT molecular complexity index is 677. The number of hydrogen-bond donors (Lipinski definition) is 0. The van der Waals surface area contributed by atoms with Gasteiger partial charge < -0.3 is 14.4 Å². The molecule has 0 bridgehead atoms. The van der Waals surface area contributed by atoms with Crippen molar-refractivity contribution >= 4 is 21.9 Å². The van der Waals surface area contributed by atoms with Crippen LogP contribution in [0.1, 0.15) is 18.5 Å². The minimum Gasteiger partial charge on any atom is -0.480 e. The fourth-order valence-electron chi connectivity index (χ4n) is 2.48. The first-order valence-electron chi connectivity index (χ1n) is 7.42. The van der Waals surface area contributed by atoms with E-state index in [-0.39, 0.29) is 6.10 Å². The van der Waals surface area contributed by atoms with Gasteiger partial charge in [-0.3, -0.25) is 4.98 Å². The van der Waals surface area contributed by atoms with E-state index in [1.807, 2.05) is 6.92 Å². The maximum absolute atomic E-state index is 5.91. The lowest BCUT2D eigenvalue weighted by Crippen LogP contribution is -2.39. The molecule has 2 aromatic heterocycles. The molecule has 1 fully saturated rings. The zero-order chi connectivity index (χ0) is 16.2. The van der Waals surface area contributed by atoms with Crippen LogP contribution in [0.3, 0.4) is 0 Å². The van der Waals surface area contributed by atoms with Gasteiger partial charge in [0.2, 0.25) is 17.7 Å². The summed E-state index contributed by atoms with van der Waals surface area (Å²) < 4.78 is 11.9. The Morgan fingerprint density at radius 3 is 2.65 bits per heavy atom. The molecule has 3 heterocycles. The van der Waals surface area contributed by atoms with Gasteiger partial charge in [-0.15, -0.1) is 0 Å². The lowest BCUT2D eigenvalue weighted by Gasteiger charge is -2.31. The summed E-state index contributed by atoms with van der Waals surface area (Å²) in [5.74, 6) is 1.81. The highest BCUT2D eigenvalue weighted by Gasteiger charge is 2.23. The van der Waals surface area contributed by atoms with Crippen molar-refractivity contribution in [1.82, 2.24) is 19.9 Å². The van der Waals surface area contributed by atoms with Crippen LogP contribution in [0.25, 0.3) is 0 Å². The van der Waals surface area contributed by atoms with Gasteiger partial charge >= 0.3 is 0 Å². The number of nitrogens with zero attached hydrogens (tertiary/aromatic N) is 5. The van der Waals surface area contributed by atoms with Gasteiger partial charge in [-0.25, -0.2) is 9.97 Å². The molecule has 8 heteroatoms. The zero-order valence-corrected chi connectivity index (χ0v) is 14.7. The molecule has 0 atom stereocenters. The van der Waals surface area contributed by atoms with Crippen LogP contribution in [0.5, 0.6) is 11.8 Å². The number of hydrogen-bond acceptors (Lipinski definition) is 7. The second-order valence-electron chi connectivity index (χ2n) is 5.33. The molecule has 1 saturated heterocycles. The van der Waals surface area contributed by atoms with Gasteiger partial charge in [-0.05, 0) is 22.9 Å². The van der Waals surface area contributed by atoms with Crippen LogP contribution < -0.4 is 14.4 Å². The van der Waals surface area contributed by atoms with Gasteiger partial charge in [-0.2, -0.15) is 4.98 Å². The highest BCUT2D eigenvalue weighted by atomic mass is 79.9. The molecular formula is C15H18BrN5O2. The van der Waals surface area contributed by atoms with Crippen molar-refractivity contribution in [2.45, 2.75) is 25.9 Å². The summed E-state index contributed by atoms with van der Waals surface area (Å²) in [7, 11) is 1.60. The second-order valence-corrected chi connectivity index (χ2v) is 6.18. The molecule has 3 rings (SSSR count). The molecule has 0 aliphatic carbocycles. The predicted octanol–water partition coefficient (Wildman–Crippen LogP) is 2.39. The molecule has 0 radical (unpaired) electrons. The summed E-state index contributed by atoms with van der Waals surface area (Å²) in [5.41, 5.74) is 0.857. The van der Waals surface area contributed by atoms with E-state index in [2.05, 4.69) is 40.8 Å². The fourth-order valence-corrected chi connectivity index (χ4v) is 2.83. The normalized spacial score (nSPS) is 15.5. The Balaban J connectivity index is 1.60. The van der Waals surface area contributed by atoms with Gasteiger partial charge in [-0.1, -0.05) is 0 Å². The van der Waals surface area contributed by atoms with Crippen LogP contribution in [-0.2, 0) is 0 Å². The number of piperidine rings is 1. The Morgan fingerprint density at radius 2 is 1.96 bits per heavy atom. The molecule has 1 aliphatic rings. The summed E-state index contributed by atoms with van der Waals surface area (Å²) in [6.07, 6.45) is 7.00. The lowest BCUT2D eigenvalue weighted by atomic mass is 10.1. The van der Waals surface area contributed by atoms with Gasteiger partial charge in [0.25, 0.3) is 0 Å². The van der Waals surface area contributed by atoms with Crippen molar-refractivity contribution in [3.05, 3.63) is 28.8 Å². The van der Waals surface area contributed by atoms with Gasteiger partial charge in [0.15, 0.2) is 0 Å². The quantitative estimate of drug-likeness (QED) is 0.807. The van der Waals surface area contributed by atoms with Crippen LogP contribution in [0.2, 0.25) is 0 Å². The number of halogens is 1. The largest absolute Gasteiger partial charge is 0.480 e. The molecule has 1 aliphatic heterocycles. The lowest BCUT2D eigenvalue weighted by molar-refractivity contribution is 0.162. The maximum Gasteiger partial charge on any atom is 0.232 e. The first kappa shape index (κ1) is 15.9. The molecule has 2 aromatic rings. The third kappa shape index (κ3) is 3.87. The Kier molecular flexibility index (Phi) is 4.90. The monoisotopic (exact) mass is 379 g/mol. The van der Waals surface area contributed by atoms with Crippen molar-refractivity contribution < 1.29 is 9.47 Å². The summed E-state index contributed by atoms with van der Waals surface area (Å²) in [6, 6.07) is 0. The smallest absolute Gasteiger partial charge is 0.232 e. The summed E-state index contributed by atoms with van der Waals surface area (Å²) in [6.45, 7) is 3.56. The van der Waals surface area contributed by atoms with E-state index in [1.54, 1.807) is 25.7 Å². The highest BCUT2D eigenvalue weighted by Crippen LogP contribution is 2.25. The van der Waals surface area contributed by atoms with E-state index < -0.39 is 0 Å². The zero-order valence-electron chi connectivity index (χ0n) is 13.1. The number of rotatable bonds is 4. The third-order valence-electron chi connectivity index (χ3n) is 3.64. The first-order chi connectivity index (χ1) is 11.2. The number of aryl methyl sites for hydroxylation is 1. The third-order valence-corrected chi connectivity index (χ3v) is 4.18. The van der Waals surface area contributed by atoms with E-state index in [0.29, 0.717) is 17.7 Å². The SMILES string of the molecule is COc1nc(N2CCC(Oc3cncc(C)n3)CC2)ncc1Br. The number of aromatic nitrogens is 4. The summed E-state index contributed by atoms with van der Waals surface area (Å²) >= 11 is 3.37. The van der Waals surface area contributed by atoms with Crippen LogP contribution >= 0.6 is 15.9 Å². The van der Waals surface area contributed by atoms with Crippen molar-refractivity contribution in [2.24, 2.45) is 0 Å². The van der Waals surface area contributed by atoms with E-state index in [0.717, 1.165) is 36.1 Å². The van der Waals surface area contributed by atoms with Crippen LogP contribution in [-0.4, -0.2) is 46.2 Å². The molecule has 0 N–H and O–H groups in total. The molecule has 0 saturated carbocycles. The molecule has 0 amide bonds. The summed E-state index contributed by atoms with van der Waals surface area (Å²) in [5, 5.41) is 0. The molecule has 122 valence electrons. The van der Waals surface area contributed by atoms with Crippen molar-refractivity contribution in [2.75, 3.05) is 25.1 Å². The van der Waals surface area contributed by atoms with E-state index in [1.165, 1.54) is 0 Å². The van der Waals surface area contributed by atoms with Crippen LogP contribution in [0, 0.1) is 6.92 Å². The summed E-state index contributed by atoms with van der Waals surface area (Å²) in [4.78, 5) is 19.3. The Morgan fingerprint density at radius 1 is 1.17 bits per heavy atom. The van der Waals surface area contributed by atoms with Gasteiger partial charge in [0.1, 0.15) is 6.10 Å². The average Bonchev–Trinajstić information content (AvgIpc) is 2.56. The molecule has 7 nitrogen and oxygen atoms in total. The van der Waals surface area contributed by atoms with E-state index in [9.17, 15) is 0 Å². The average molecular weight is 380 g/mol. The molecular weight excluding hydrogens is 362 g/mol. The first-order valence-corrected chi connectivity index (χ1v) is 8.22. The fraction of sp³-hybridized carbons (Fsp3) is 0.467. The molecule has 0 unspecified atom stereocenters. The minimum atomic E-state index is 0.139. The van der Waals surface area contributed by atoms with Gasteiger partial charge in [0, 0.05) is 32.1 Å². The van der Waals surface area contributed by atoms with E-state index in [4.69, 9.17) is 9.47 Å². The molecule has 23 heavy (non-hydrogen) atoms. The van der Waals surface area contributed by atoms with Crippen molar-refractivity contribution in [3.63, 3.8) is 0 Å². The number of methoxy groups -OCH3 is 1. The minimum absolute atomic E-state index is 0.139.